The molecule has 1 saturated carbocycles. The summed E-state index contributed by atoms with van der Waals surface area (Å²) in [6.07, 6.45) is 0.263. The van der Waals surface area contributed by atoms with Crippen LogP contribution in [-0.4, -0.2) is 23.2 Å². The summed E-state index contributed by atoms with van der Waals surface area (Å²) in [6, 6.07) is 9.21. The molecule has 2 fully saturated rings. The molecule has 20 heavy (non-hydrogen) atoms. The lowest BCUT2D eigenvalue weighted by Gasteiger charge is -2.35. The van der Waals surface area contributed by atoms with Crippen LogP contribution in [-0.2, 0) is 4.74 Å². The van der Waals surface area contributed by atoms with Gasteiger partial charge in [-0.2, -0.15) is 0 Å². The lowest BCUT2D eigenvalue weighted by atomic mass is 9.66. The summed E-state index contributed by atoms with van der Waals surface area (Å²) in [5.74, 6) is -0.472. The number of hydrogen-bond acceptors (Lipinski definition) is 2. The molecule has 0 bridgehead atoms. The molecule has 2 nitrogen and oxygen atoms in total. The topological polar surface area (TPSA) is 29.6 Å². The first-order valence-electron chi connectivity index (χ1n) is 7.30. The predicted octanol–water partition coefficient (Wildman–Crippen LogP) is 3.80. The second kappa shape index (κ2) is 4.39. The van der Waals surface area contributed by atoms with E-state index in [0.717, 1.165) is 0 Å². The number of carbonyl (C=O) groups is 1. The van der Waals surface area contributed by atoms with Crippen molar-refractivity contribution < 1.29 is 13.9 Å². The van der Waals surface area contributed by atoms with Crippen molar-refractivity contribution in [1.82, 2.24) is 0 Å². The maximum atomic E-state index is 14.0. The van der Waals surface area contributed by atoms with E-state index in [0.29, 0.717) is 18.4 Å². The molecule has 3 rings (SSSR count). The summed E-state index contributed by atoms with van der Waals surface area (Å²) >= 11 is 0. The zero-order valence-corrected chi connectivity index (χ0v) is 12.2. The Morgan fingerprint density at radius 2 is 1.85 bits per heavy atom. The van der Waals surface area contributed by atoms with E-state index in [2.05, 4.69) is 0 Å². The molecule has 0 amide bonds. The van der Waals surface area contributed by atoms with Gasteiger partial charge in [0.1, 0.15) is 6.17 Å². The van der Waals surface area contributed by atoms with Gasteiger partial charge in [0.05, 0.1) is 11.2 Å². The fraction of sp³-hybridized carbons (Fsp3) is 0.588. The maximum Gasteiger partial charge on any atom is 0.166 e. The highest BCUT2D eigenvalue weighted by Gasteiger charge is 2.68. The molecule has 3 heteroatoms. The third-order valence-electron chi connectivity index (χ3n) is 5.26. The van der Waals surface area contributed by atoms with Gasteiger partial charge in [-0.25, -0.2) is 4.39 Å². The van der Waals surface area contributed by atoms with Crippen LogP contribution >= 0.6 is 0 Å². The summed E-state index contributed by atoms with van der Waals surface area (Å²) in [7, 11) is 0. The van der Waals surface area contributed by atoms with Crippen molar-refractivity contribution in [2.24, 2.45) is 11.8 Å². The Morgan fingerprint density at radius 1 is 1.25 bits per heavy atom. The molecule has 1 aliphatic heterocycles. The highest BCUT2D eigenvalue weighted by atomic mass is 19.1. The van der Waals surface area contributed by atoms with Gasteiger partial charge in [0, 0.05) is 17.4 Å². The number of ketones is 1. The molecule has 1 saturated heterocycles. The van der Waals surface area contributed by atoms with Crippen molar-refractivity contribution in [3.8, 4) is 0 Å². The summed E-state index contributed by atoms with van der Waals surface area (Å²) in [5, 5.41) is 0. The minimum atomic E-state index is -0.988. The molecule has 5 atom stereocenters. The fourth-order valence-corrected chi connectivity index (χ4v) is 3.74. The average molecular weight is 276 g/mol. The Labute approximate surface area is 119 Å². The van der Waals surface area contributed by atoms with Crippen molar-refractivity contribution in [3.05, 3.63) is 35.9 Å². The molecule has 1 aromatic rings. The van der Waals surface area contributed by atoms with E-state index in [9.17, 15) is 9.18 Å². The largest absolute Gasteiger partial charge is 0.363 e. The Morgan fingerprint density at radius 3 is 2.45 bits per heavy atom. The van der Waals surface area contributed by atoms with E-state index < -0.39 is 6.17 Å². The van der Waals surface area contributed by atoms with Gasteiger partial charge in [-0.1, -0.05) is 30.3 Å². The molecule has 1 heterocycles. The zero-order valence-electron chi connectivity index (χ0n) is 12.2. The monoisotopic (exact) mass is 276 g/mol. The lowest BCUT2D eigenvalue weighted by Crippen LogP contribution is -2.42. The smallest absolute Gasteiger partial charge is 0.166 e. The molecule has 0 radical (unpaired) electrons. The molecule has 0 aromatic heterocycles. The molecule has 0 spiro atoms. The highest BCUT2D eigenvalue weighted by Crippen LogP contribution is 2.61. The van der Waals surface area contributed by atoms with E-state index in [1.807, 2.05) is 44.2 Å². The van der Waals surface area contributed by atoms with E-state index in [1.165, 1.54) is 0 Å². The van der Waals surface area contributed by atoms with E-state index in [-0.39, 0.29) is 28.8 Å². The molecule has 0 N–H and O–H groups in total. The number of ether oxygens (including phenoxy) is 1. The molecule has 1 aliphatic carbocycles. The number of carbonyl (C=O) groups excluding carboxylic acids is 1. The number of fused-ring (bicyclic) bond motifs is 1. The van der Waals surface area contributed by atoms with Gasteiger partial charge in [-0.05, 0) is 33.6 Å². The number of epoxide rings is 1. The Kier molecular flexibility index (Phi) is 3.02. The van der Waals surface area contributed by atoms with Crippen LogP contribution in [0.2, 0.25) is 0 Å². The Bertz CT molecular complexity index is 527. The van der Waals surface area contributed by atoms with E-state index >= 15 is 0 Å². The van der Waals surface area contributed by atoms with Crippen molar-refractivity contribution in [1.29, 1.82) is 0 Å². The van der Waals surface area contributed by atoms with Crippen LogP contribution in [0, 0.1) is 11.8 Å². The fourth-order valence-electron chi connectivity index (χ4n) is 3.74. The SMILES string of the molecule is C[C@@H](F)[C@H]1C[C@]2(C)O[C@]2(C)C[C@@H]1C(=O)c1ccccc1. The average Bonchev–Trinajstić information content (AvgIpc) is 2.99. The van der Waals surface area contributed by atoms with Crippen LogP contribution in [0.3, 0.4) is 0 Å². The van der Waals surface area contributed by atoms with Crippen molar-refractivity contribution in [3.63, 3.8) is 0 Å². The van der Waals surface area contributed by atoms with Crippen molar-refractivity contribution in [2.45, 2.75) is 51.0 Å². The minimum Gasteiger partial charge on any atom is -0.363 e. The van der Waals surface area contributed by atoms with Gasteiger partial charge in [0.25, 0.3) is 0 Å². The van der Waals surface area contributed by atoms with Gasteiger partial charge in [-0.3, -0.25) is 4.79 Å². The number of halogens is 1. The van der Waals surface area contributed by atoms with Gasteiger partial charge < -0.3 is 4.74 Å². The van der Waals surface area contributed by atoms with Gasteiger partial charge in [-0.15, -0.1) is 0 Å². The van der Waals surface area contributed by atoms with Crippen LogP contribution in [0.25, 0.3) is 0 Å². The Hall–Kier alpha value is -1.22. The molecule has 2 aliphatic rings. The lowest BCUT2D eigenvalue weighted by molar-refractivity contribution is 0.0679. The quantitative estimate of drug-likeness (QED) is 0.621. The van der Waals surface area contributed by atoms with Crippen LogP contribution in [0.1, 0.15) is 44.0 Å². The maximum absolute atomic E-state index is 14.0. The third kappa shape index (κ3) is 1.99. The molecular weight excluding hydrogens is 255 g/mol. The summed E-state index contributed by atoms with van der Waals surface area (Å²) in [4.78, 5) is 12.7. The van der Waals surface area contributed by atoms with Gasteiger partial charge in [0.15, 0.2) is 5.78 Å². The second-order valence-electron chi connectivity index (χ2n) is 6.65. The predicted molar refractivity (Wildman–Crippen MR) is 75.5 cm³/mol. The second-order valence-corrected chi connectivity index (χ2v) is 6.65. The van der Waals surface area contributed by atoms with Crippen LogP contribution in [0.5, 0.6) is 0 Å². The first-order valence-corrected chi connectivity index (χ1v) is 7.30. The minimum absolute atomic E-state index is 0.0545. The molecule has 1 aromatic carbocycles. The standard InChI is InChI=1S/C17H21FO2/c1-11(18)13-9-16(2)17(3,20-16)10-14(13)15(19)12-7-5-4-6-8-12/h4-8,11,13-14H,9-10H2,1-3H3/t11-,13-,14+,16+,17-/m1/s1. The summed E-state index contributed by atoms with van der Waals surface area (Å²) in [6.45, 7) is 5.63. The van der Waals surface area contributed by atoms with Crippen molar-refractivity contribution in [2.75, 3.05) is 0 Å². The van der Waals surface area contributed by atoms with Gasteiger partial charge >= 0.3 is 0 Å². The first kappa shape index (κ1) is 13.7. The van der Waals surface area contributed by atoms with Crippen LogP contribution < -0.4 is 0 Å². The number of benzene rings is 1. The summed E-state index contributed by atoms with van der Waals surface area (Å²) in [5.41, 5.74) is 0.176. The normalized spacial score (nSPS) is 40.8. The van der Waals surface area contributed by atoms with Crippen LogP contribution in [0.15, 0.2) is 30.3 Å². The van der Waals surface area contributed by atoms with E-state index in [1.54, 1.807) is 6.92 Å². The number of hydrogen-bond donors (Lipinski definition) is 0. The summed E-state index contributed by atoms with van der Waals surface area (Å²) < 4.78 is 19.8. The highest BCUT2D eigenvalue weighted by molar-refractivity contribution is 5.98. The number of rotatable bonds is 3. The van der Waals surface area contributed by atoms with Crippen molar-refractivity contribution >= 4 is 5.78 Å². The van der Waals surface area contributed by atoms with Gasteiger partial charge in [0.2, 0.25) is 0 Å². The molecule has 108 valence electrons. The first-order chi connectivity index (χ1) is 9.36. The molecular formula is C17H21FO2. The zero-order chi connectivity index (χ0) is 14.5. The third-order valence-corrected chi connectivity index (χ3v) is 5.26. The number of Topliss-reactive ketones (excluding diaryl/α,β-unsaturated/α-hetero) is 1. The Balaban J connectivity index is 1.88. The molecule has 0 unspecified atom stereocenters. The van der Waals surface area contributed by atoms with Crippen LogP contribution in [0.4, 0.5) is 4.39 Å². The van der Waals surface area contributed by atoms with E-state index in [4.69, 9.17) is 4.74 Å². The number of alkyl halides is 1.